The van der Waals surface area contributed by atoms with Gasteiger partial charge in [-0.05, 0) is 6.92 Å². The zero-order chi connectivity index (χ0) is 8.59. The Bertz CT molecular complexity index is 166. The highest BCUT2D eigenvalue weighted by Crippen LogP contribution is 2.18. The van der Waals surface area contributed by atoms with E-state index >= 15 is 0 Å². The minimum Gasteiger partial charge on any atom is -0.455 e. The summed E-state index contributed by atoms with van der Waals surface area (Å²) < 4.78 is 4.46. The normalized spacial score (nSPS) is 40.4. The van der Waals surface area contributed by atoms with Gasteiger partial charge < -0.3 is 20.1 Å². The number of carbonyl (C=O) groups excluding carboxylic acids is 1. The van der Waals surface area contributed by atoms with Crippen LogP contribution in [0.25, 0.3) is 0 Å². The van der Waals surface area contributed by atoms with Gasteiger partial charge in [0.2, 0.25) is 0 Å². The van der Waals surface area contributed by atoms with E-state index in [1.54, 1.807) is 0 Å². The van der Waals surface area contributed by atoms with Crippen molar-refractivity contribution in [1.29, 1.82) is 0 Å². The molecule has 0 amide bonds. The summed E-state index contributed by atoms with van der Waals surface area (Å²) >= 11 is 0. The van der Waals surface area contributed by atoms with Crippen LogP contribution < -0.4 is 0 Å². The van der Waals surface area contributed by atoms with Crippen molar-refractivity contribution in [3.05, 3.63) is 0 Å². The number of esters is 1. The second-order valence-corrected chi connectivity index (χ2v) is 2.58. The quantitative estimate of drug-likeness (QED) is 0.389. The lowest BCUT2D eigenvalue weighted by molar-refractivity contribution is -0.150. The first-order chi connectivity index (χ1) is 5.04. The predicted molar refractivity (Wildman–Crippen MR) is 33.6 cm³/mol. The molecule has 0 spiro atoms. The smallest absolute Gasteiger partial charge is 0.338 e. The molecule has 4 atom stereocenters. The highest BCUT2D eigenvalue weighted by molar-refractivity contribution is 5.77. The SMILES string of the molecule is C[C@@H](O)[C@@H]1OC(=O)[C@H](O)[C@@H]1O. The van der Waals surface area contributed by atoms with Gasteiger partial charge in [0.1, 0.15) is 6.10 Å². The highest BCUT2D eigenvalue weighted by atomic mass is 16.6. The molecule has 1 aliphatic rings. The third kappa shape index (κ3) is 1.35. The highest BCUT2D eigenvalue weighted by Gasteiger charge is 2.44. The van der Waals surface area contributed by atoms with Crippen LogP contribution in [0.1, 0.15) is 6.92 Å². The van der Waals surface area contributed by atoms with E-state index in [2.05, 4.69) is 4.74 Å². The number of hydrogen-bond donors (Lipinski definition) is 3. The van der Waals surface area contributed by atoms with E-state index in [0.29, 0.717) is 0 Å². The Morgan fingerprint density at radius 3 is 2.27 bits per heavy atom. The second kappa shape index (κ2) is 2.77. The van der Waals surface area contributed by atoms with Crippen molar-refractivity contribution in [2.45, 2.75) is 31.3 Å². The largest absolute Gasteiger partial charge is 0.455 e. The van der Waals surface area contributed by atoms with Crippen LogP contribution in [0.5, 0.6) is 0 Å². The Morgan fingerprint density at radius 2 is 2.09 bits per heavy atom. The van der Waals surface area contributed by atoms with E-state index in [4.69, 9.17) is 15.3 Å². The fourth-order valence-electron chi connectivity index (χ4n) is 0.976. The molecule has 0 radical (unpaired) electrons. The number of cyclic esters (lactones) is 1. The Hall–Kier alpha value is -0.650. The van der Waals surface area contributed by atoms with Crippen molar-refractivity contribution in [2.24, 2.45) is 0 Å². The van der Waals surface area contributed by atoms with Gasteiger partial charge in [0.25, 0.3) is 0 Å². The lowest BCUT2D eigenvalue weighted by Gasteiger charge is -2.15. The van der Waals surface area contributed by atoms with E-state index < -0.39 is 30.4 Å². The summed E-state index contributed by atoms with van der Waals surface area (Å²) in [6.07, 6.45) is -4.80. The lowest BCUT2D eigenvalue weighted by atomic mass is 10.1. The Balaban J connectivity index is 2.67. The molecular formula is C6H10O5. The van der Waals surface area contributed by atoms with Gasteiger partial charge in [-0.25, -0.2) is 4.79 Å². The standard InChI is InChI=1S/C6H10O5/c1-2(7)5-3(8)4(9)6(10)11-5/h2-5,7-9H,1H3/t2-,3+,4-,5+/m1/s1. The van der Waals surface area contributed by atoms with Crippen LogP contribution in [-0.4, -0.2) is 45.7 Å². The molecular weight excluding hydrogens is 152 g/mol. The molecule has 1 saturated heterocycles. The lowest BCUT2D eigenvalue weighted by Crippen LogP contribution is -2.37. The summed E-state index contributed by atoms with van der Waals surface area (Å²) in [5.41, 5.74) is 0. The van der Waals surface area contributed by atoms with Crippen LogP contribution in [0.2, 0.25) is 0 Å². The molecule has 1 rings (SSSR count). The Kier molecular flexibility index (Phi) is 2.12. The maximum Gasteiger partial charge on any atom is 0.338 e. The van der Waals surface area contributed by atoms with E-state index in [-0.39, 0.29) is 0 Å². The topological polar surface area (TPSA) is 87.0 Å². The third-order valence-electron chi connectivity index (χ3n) is 1.63. The molecule has 5 heteroatoms. The number of ether oxygens (including phenoxy) is 1. The molecule has 0 aromatic heterocycles. The maximum absolute atomic E-state index is 10.6. The van der Waals surface area contributed by atoms with E-state index in [1.807, 2.05) is 0 Å². The van der Waals surface area contributed by atoms with E-state index in [0.717, 1.165) is 0 Å². The van der Waals surface area contributed by atoms with Gasteiger partial charge in [0.15, 0.2) is 12.2 Å². The summed E-state index contributed by atoms with van der Waals surface area (Å²) in [6.45, 7) is 1.37. The molecule has 0 unspecified atom stereocenters. The molecule has 0 aromatic carbocycles. The van der Waals surface area contributed by atoms with Crippen molar-refractivity contribution in [3.8, 4) is 0 Å². The van der Waals surface area contributed by atoms with E-state index in [1.165, 1.54) is 6.92 Å². The third-order valence-corrected chi connectivity index (χ3v) is 1.63. The first-order valence-corrected chi connectivity index (χ1v) is 3.28. The van der Waals surface area contributed by atoms with Crippen molar-refractivity contribution in [3.63, 3.8) is 0 Å². The monoisotopic (exact) mass is 162 g/mol. The molecule has 0 saturated carbocycles. The molecule has 0 aliphatic carbocycles. The molecule has 11 heavy (non-hydrogen) atoms. The first kappa shape index (κ1) is 8.45. The number of hydrogen-bond acceptors (Lipinski definition) is 5. The van der Waals surface area contributed by atoms with Crippen LogP contribution in [0.3, 0.4) is 0 Å². The Morgan fingerprint density at radius 1 is 1.55 bits per heavy atom. The number of aliphatic hydroxyl groups is 3. The molecule has 1 aliphatic heterocycles. The maximum atomic E-state index is 10.6. The van der Waals surface area contributed by atoms with E-state index in [9.17, 15) is 4.79 Å². The summed E-state index contributed by atoms with van der Waals surface area (Å²) in [5.74, 6) is -0.886. The fourth-order valence-corrected chi connectivity index (χ4v) is 0.976. The molecule has 64 valence electrons. The Labute approximate surface area is 63.2 Å². The van der Waals surface area contributed by atoms with Gasteiger partial charge >= 0.3 is 5.97 Å². The average Bonchev–Trinajstić information content (AvgIpc) is 2.17. The van der Waals surface area contributed by atoms with Gasteiger partial charge in [0.05, 0.1) is 6.10 Å². The molecule has 5 nitrogen and oxygen atoms in total. The second-order valence-electron chi connectivity index (χ2n) is 2.58. The minimum absolute atomic E-state index is 0.886. The summed E-state index contributed by atoms with van der Waals surface area (Å²) in [6, 6.07) is 0. The molecule has 1 fully saturated rings. The van der Waals surface area contributed by atoms with Crippen molar-refractivity contribution in [2.75, 3.05) is 0 Å². The molecule has 0 bridgehead atoms. The van der Waals surface area contributed by atoms with Gasteiger partial charge in [-0.1, -0.05) is 0 Å². The zero-order valence-electron chi connectivity index (χ0n) is 5.97. The van der Waals surface area contributed by atoms with Crippen molar-refractivity contribution < 1.29 is 24.9 Å². The van der Waals surface area contributed by atoms with Crippen LogP contribution in [0.15, 0.2) is 0 Å². The van der Waals surface area contributed by atoms with Crippen LogP contribution in [0, 0.1) is 0 Å². The van der Waals surface area contributed by atoms with Crippen LogP contribution in [-0.2, 0) is 9.53 Å². The fraction of sp³-hybridized carbons (Fsp3) is 0.833. The summed E-state index contributed by atoms with van der Waals surface area (Å²) in [4.78, 5) is 10.6. The predicted octanol–water partition coefficient (Wildman–Crippen LogP) is -1.99. The summed E-state index contributed by atoms with van der Waals surface area (Å²) in [5, 5.41) is 26.8. The van der Waals surface area contributed by atoms with Crippen molar-refractivity contribution >= 4 is 5.97 Å². The molecule has 0 aromatic rings. The van der Waals surface area contributed by atoms with Gasteiger partial charge in [-0.2, -0.15) is 0 Å². The molecule has 3 N–H and O–H groups in total. The zero-order valence-corrected chi connectivity index (χ0v) is 5.97. The first-order valence-electron chi connectivity index (χ1n) is 3.28. The van der Waals surface area contributed by atoms with Crippen LogP contribution >= 0.6 is 0 Å². The average molecular weight is 162 g/mol. The minimum atomic E-state index is -1.52. The summed E-state index contributed by atoms with van der Waals surface area (Å²) in [7, 11) is 0. The van der Waals surface area contributed by atoms with Gasteiger partial charge in [0, 0.05) is 0 Å². The van der Waals surface area contributed by atoms with Gasteiger partial charge in [-0.3, -0.25) is 0 Å². The van der Waals surface area contributed by atoms with Crippen LogP contribution in [0.4, 0.5) is 0 Å². The van der Waals surface area contributed by atoms with Crippen molar-refractivity contribution in [1.82, 2.24) is 0 Å². The number of carbonyl (C=O) groups is 1. The van der Waals surface area contributed by atoms with Gasteiger partial charge in [-0.15, -0.1) is 0 Å². The number of rotatable bonds is 1. The molecule has 1 heterocycles. The number of aliphatic hydroxyl groups excluding tert-OH is 3.